The molecule has 0 bridgehead atoms. The molecule has 21 heavy (non-hydrogen) atoms. The predicted molar refractivity (Wildman–Crippen MR) is 74.8 cm³/mol. The quantitative estimate of drug-likeness (QED) is 0.898. The molecular weight excluding hydrogens is 268 g/mol. The van der Waals surface area contributed by atoms with E-state index < -0.39 is 6.04 Å². The minimum absolute atomic E-state index is 0.0163. The van der Waals surface area contributed by atoms with Gasteiger partial charge in [-0.3, -0.25) is 9.59 Å². The zero-order valence-corrected chi connectivity index (χ0v) is 11.3. The summed E-state index contributed by atoms with van der Waals surface area (Å²) in [6.45, 7) is 0.280. The van der Waals surface area contributed by atoms with Crippen LogP contribution in [-0.2, 0) is 16.1 Å². The molecule has 1 aromatic heterocycles. The predicted octanol–water partition coefficient (Wildman–Crippen LogP) is 0.676. The fourth-order valence-electron chi connectivity index (χ4n) is 2.38. The number of aromatic nitrogens is 2. The van der Waals surface area contributed by atoms with Gasteiger partial charge in [-0.2, -0.15) is 10.2 Å². The summed E-state index contributed by atoms with van der Waals surface area (Å²) in [5.74, 6) is -0.307. The van der Waals surface area contributed by atoms with E-state index in [4.69, 9.17) is 0 Å². The zero-order valence-electron chi connectivity index (χ0n) is 11.3. The van der Waals surface area contributed by atoms with Gasteiger partial charge in [0.15, 0.2) is 0 Å². The monoisotopic (exact) mass is 282 g/mol. The second kappa shape index (κ2) is 5.70. The van der Waals surface area contributed by atoms with Crippen molar-refractivity contribution in [3.63, 3.8) is 0 Å². The third kappa shape index (κ3) is 2.74. The van der Waals surface area contributed by atoms with Crippen LogP contribution in [0.25, 0.3) is 0 Å². The van der Waals surface area contributed by atoms with Gasteiger partial charge in [-0.15, -0.1) is 0 Å². The summed E-state index contributed by atoms with van der Waals surface area (Å²) in [4.78, 5) is 25.9. The van der Waals surface area contributed by atoms with Crippen molar-refractivity contribution < 1.29 is 9.59 Å². The van der Waals surface area contributed by atoms with Gasteiger partial charge in [-0.25, -0.2) is 0 Å². The Kier molecular flexibility index (Phi) is 3.59. The lowest BCUT2D eigenvalue weighted by atomic mass is 10.0. The number of carbonyl (C=O) groups is 2. The van der Waals surface area contributed by atoms with E-state index in [1.165, 1.54) is 4.90 Å². The van der Waals surface area contributed by atoms with Gasteiger partial charge in [0.25, 0.3) is 0 Å². The summed E-state index contributed by atoms with van der Waals surface area (Å²) >= 11 is 0. The van der Waals surface area contributed by atoms with Crippen molar-refractivity contribution in [3.05, 3.63) is 59.9 Å². The van der Waals surface area contributed by atoms with Crippen molar-refractivity contribution in [2.75, 3.05) is 6.54 Å². The summed E-state index contributed by atoms with van der Waals surface area (Å²) < 4.78 is 0. The van der Waals surface area contributed by atoms with Crippen LogP contribution in [0.1, 0.15) is 17.3 Å². The summed E-state index contributed by atoms with van der Waals surface area (Å²) in [6, 6.07) is 12.2. The van der Waals surface area contributed by atoms with Crippen LogP contribution >= 0.6 is 0 Å². The molecule has 1 aliphatic heterocycles. The Hall–Kier alpha value is -2.76. The van der Waals surface area contributed by atoms with Crippen LogP contribution in [0.15, 0.2) is 48.7 Å². The molecule has 0 saturated carbocycles. The van der Waals surface area contributed by atoms with Gasteiger partial charge in [0.2, 0.25) is 11.8 Å². The Morgan fingerprint density at radius 3 is 2.67 bits per heavy atom. The molecule has 1 aliphatic rings. The molecule has 2 amide bonds. The van der Waals surface area contributed by atoms with Crippen LogP contribution in [0.3, 0.4) is 0 Å². The number of nitrogens with zero attached hydrogens (tertiary/aromatic N) is 3. The van der Waals surface area contributed by atoms with E-state index in [-0.39, 0.29) is 24.9 Å². The first kappa shape index (κ1) is 13.2. The van der Waals surface area contributed by atoms with E-state index >= 15 is 0 Å². The molecule has 6 heteroatoms. The Balaban J connectivity index is 1.93. The van der Waals surface area contributed by atoms with Crippen molar-refractivity contribution in [2.24, 2.45) is 0 Å². The molecule has 3 rings (SSSR count). The third-order valence-electron chi connectivity index (χ3n) is 3.37. The number of carbonyl (C=O) groups excluding carboxylic acids is 2. The van der Waals surface area contributed by atoms with Gasteiger partial charge in [0.1, 0.15) is 6.04 Å². The Bertz CT molecular complexity index is 645. The number of hydrogen-bond donors (Lipinski definition) is 1. The van der Waals surface area contributed by atoms with Crippen molar-refractivity contribution in [2.45, 2.75) is 12.6 Å². The molecule has 1 unspecified atom stereocenters. The zero-order chi connectivity index (χ0) is 14.7. The van der Waals surface area contributed by atoms with Gasteiger partial charge in [-0.05, 0) is 17.7 Å². The smallest absolute Gasteiger partial charge is 0.247 e. The number of hydrogen-bond acceptors (Lipinski definition) is 4. The van der Waals surface area contributed by atoms with Crippen LogP contribution in [0, 0.1) is 0 Å². The number of amides is 2. The highest BCUT2D eigenvalue weighted by atomic mass is 16.2. The lowest BCUT2D eigenvalue weighted by Crippen LogP contribution is -2.53. The van der Waals surface area contributed by atoms with Crippen LogP contribution in [0.2, 0.25) is 0 Å². The highest BCUT2D eigenvalue weighted by Gasteiger charge is 2.35. The maximum absolute atomic E-state index is 12.2. The lowest BCUT2D eigenvalue weighted by Gasteiger charge is -2.34. The molecule has 1 saturated heterocycles. The molecule has 0 radical (unpaired) electrons. The first-order valence-corrected chi connectivity index (χ1v) is 6.64. The molecule has 1 atom stereocenters. The fourth-order valence-corrected chi connectivity index (χ4v) is 2.38. The minimum Gasteiger partial charge on any atom is -0.345 e. The number of rotatable bonds is 3. The SMILES string of the molecule is O=C1NCC(=O)N(Cc2cccnn2)C1c1ccccc1. The van der Waals surface area contributed by atoms with E-state index in [1.807, 2.05) is 30.3 Å². The number of nitrogens with one attached hydrogen (secondary N) is 1. The second-order valence-electron chi connectivity index (χ2n) is 4.77. The van der Waals surface area contributed by atoms with Crippen LogP contribution in [0.4, 0.5) is 0 Å². The molecule has 1 aromatic carbocycles. The van der Waals surface area contributed by atoms with Crippen LogP contribution < -0.4 is 5.32 Å². The van der Waals surface area contributed by atoms with E-state index in [0.717, 1.165) is 5.56 Å². The van der Waals surface area contributed by atoms with Gasteiger partial charge in [-0.1, -0.05) is 30.3 Å². The third-order valence-corrected chi connectivity index (χ3v) is 3.37. The Labute approximate surface area is 121 Å². The highest BCUT2D eigenvalue weighted by molar-refractivity contribution is 5.95. The van der Waals surface area contributed by atoms with Gasteiger partial charge >= 0.3 is 0 Å². The summed E-state index contributed by atoms with van der Waals surface area (Å²) in [7, 11) is 0. The first-order valence-electron chi connectivity index (χ1n) is 6.64. The van der Waals surface area contributed by atoms with Crippen LogP contribution in [0.5, 0.6) is 0 Å². The van der Waals surface area contributed by atoms with Crippen LogP contribution in [-0.4, -0.2) is 33.5 Å². The molecule has 1 N–H and O–H groups in total. The van der Waals surface area contributed by atoms with Crippen molar-refractivity contribution in [3.8, 4) is 0 Å². The minimum atomic E-state index is -0.630. The van der Waals surface area contributed by atoms with Gasteiger partial charge < -0.3 is 10.2 Å². The average Bonchev–Trinajstić information content (AvgIpc) is 2.53. The average molecular weight is 282 g/mol. The summed E-state index contributed by atoms with van der Waals surface area (Å²) in [6.07, 6.45) is 1.57. The molecular formula is C15H14N4O2. The number of benzene rings is 1. The van der Waals surface area contributed by atoms with E-state index in [9.17, 15) is 9.59 Å². The van der Waals surface area contributed by atoms with Gasteiger partial charge in [0.05, 0.1) is 18.8 Å². The van der Waals surface area contributed by atoms with Crippen molar-refractivity contribution in [1.29, 1.82) is 0 Å². The van der Waals surface area contributed by atoms with Crippen molar-refractivity contribution in [1.82, 2.24) is 20.4 Å². The van der Waals surface area contributed by atoms with E-state index in [1.54, 1.807) is 18.3 Å². The van der Waals surface area contributed by atoms with Gasteiger partial charge in [0, 0.05) is 6.20 Å². The van der Waals surface area contributed by atoms with Crippen molar-refractivity contribution >= 4 is 11.8 Å². The topological polar surface area (TPSA) is 75.2 Å². The molecule has 0 spiro atoms. The molecule has 1 fully saturated rings. The molecule has 6 nitrogen and oxygen atoms in total. The standard InChI is InChI=1S/C15H14N4O2/c20-13-9-16-15(21)14(11-5-2-1-3-6-11)19(13)10-12-7-4-8-17-18-12/h1-8,14H,9-10H2,(H,16,21). The van der Waals surface area contributed by atoms with E-state index in [2.05, 4.69) is 15.5 Å². The normalized spacial score (nSPS) is 18.5. The highest BCUT2D eigenvalue weighted by Crippen LogP contribution is 2.25. The maximum atomic E-state index is 12.2. The molecule has 2 heterocycles. The lowest BCUT2D eigenvalue weighted by molar-refractivity contribution is -0.146. The van der Waals surface area contributed by atoms with E-state index in [0.29, 0.717) is 5.69 Å². The number of piperazine rings is 1. The molecule has 0 aliphatic carbocycles. The molecule has 106 valence electrons. The Morgan fingerprint density at radius 1 is 1.14 bits per heavy atom. The first-order chi connectivity index (χ1) is 10.3. The second-order valence-corrected chi connectivity index (χ2v) is 4.77. The summed E-state index contributed by atoms with van der Waals surface area (Å²) in [5, 5.41) is 10.4. The fraction of sp³-hybridized carbons (Fsp3) is 0.200. The summed E-state index contributed by atoms with van der Waals surface area (Å²) in [5.41, 5.74) is 1.44. The Morgan fingerprint density at radius 2 is 1.95 bits per heavy atom. The molecule has 2 aromatic rings. The largest absolute Gasteiger partial charge is 0.345 e. The maximum Gasteiger partial charge on any atom is 0.247 e.